The maximum Gasteiger partial charge on any atom is 0.251 e. The predicted octanol–water partition coefficient (Wildman–Crippen LogP) is 1.48. The lowest BCUT2D eigenvalue weighted by atomic mass is 9.88. The molecule has 96 valence electrons. The molecule has 0 aromatic heterocycles. The van der Waals surface area contributed by atoms with Gasteiger partial charge in [-0.2, -0.15) is 0 Å². The summed E-state index contributed by atoms with van der Waals surface area (Å²) in [4.78, 5) is 12.0. The van der Waals surface area contributed by atoms with E-state index in [0.717, 1.165) is 18.8 Å². The van der Waals surface area contributed by atoms with E-state index in [-0.39, 0.29) is 11.3 Å². The number of carbonyl (C=O) groups excluding carboxylic acids is 1. The van der Waals surface area contributed by atoms with Crippen LogP contribution in [-0.2, 0) is 22.7 Å². The third-order valence-corrected chi connectivity index (χ3v) is 3.56. The van der Waals surface area contributed by atoms with E-state index in [2.05, 4.69) is 12.2 Å². The van der Waals surface area contributed by atoms with Crippen LogP contribution in [0.25, 0.3) is 0 Å². The number of rotatable bonds is 3. The molecule has 1 fully saturated rings. The molecule has 1 aromatic carbocycles. The number of carbonyl (C=O) groups is 1. The van der Waals surface area contributed by atoms with Crippen molar-refractivity contribution in [2.75, 3.05) is 19.8 Å². The number of nitrogens with one attached hydrogen (secondary N) is 1. The van der Waals surface area contributed by atoms with E-state index in [1.165, 1.54) is 5.56 Å². The monoisotopic (exact) mass is 247 g/mol. The Morgan fingerprint density at radius 1 is 1.28 bits per heavy atom. The van der Waals surface area contributed by atoms with E-state index in [0.29, 0.717) is 25.3 Å². The molecule has 2 heterocycles. The van der Waals surface area contributed by atoms with Crippen LogP contribution in [0.4, 0.5) is 0 Å². The molecule has 4 nitrogen and oxygen atoms in total. The summed E-state index contributed by atoms with van der Waals surface area (Å²) in [6.07, 6.45) is 0. The van der Waals surface area contributed by atoms with Crippen molar-refractivity contribution in [1.82, 2.24) is 5.32 Å². The smallest absolute Gasteiger partial charge is 0.251 e. The third kappa shape index (κ3) is 2.13. The maximum absolute atomic E-state index is 12.0. The first-order chi connectivity index (χ1) is 8.66. The van der Waals surface area contributed by atoms with Crippen molar-refractivity contribution in [3.63, 3.8) is 0 Å². The third-order valence-electron chi connectivity index (χ3n) is 3.56. The SMILES string of the molecule is CC1(CNC(=O)c2ccc3c(c2)COC3)COC1. The van der Waals surface area contributed by atoms with Gasteiger partial charge in [0.25, 0.3) is 5.91 Å². The molecule has 0 bridgehead atoms. The molecule has 2 aliphatic heterocycles. The standard InChI is InChI=1S/C14H17NO3/c1-14(8-18-9-14)7-15-13(16)10-2-3-11-5-17-6-12(11)4-10/h2-4H,5-9H2,1H3,(H,15,16). The number of ether oxygens (including phenoxy) is 2. The molecule has 18 heavy (non-hydrogen) atoms. The summed E-state index contributed by atoms with van der Waals surface area (Å²) in [5.41, 5.74) is 3.13. The second kappa shape index (κ2) is 4.37. The number of amides is 1. The van der Waals surface area contributed by atoms with E-state index in [4.69, 9.17) is 9.47 Å². The Kier molecular flexibility index (Phi) is 2.84. The molecule has 3 rings (SSSR count). The van der Waals surface area contributed by atoms with Crippen molar-refractivity contribution in [1.29, 1.82) is 0 Å². The molecule has 0 radical (unpaired) electrons. The molecular formula is C14H17NO3. The van der Waals surface area contributed by atoms with Crippen LogP contribution in [0.3, 0.4) is 0 Å². The lowest BCUT2D eigenvalue weighted by Crippen LogP contribution is -2.48. The van der Waals surface area contributed by atoms with Gasteiger partial charge in [0.2, 0.25) is 0 Å². The summed E-state index contributed by atoms with van der Waals surface area (Å²) in [5, 5.41) is 2.97. The summed E-state index contributed by atoms with van der Waals surface area (Å²) < 4.78 is 10.5. The minimum atomic E-state index is -0.0159. The summed E-state index contributed by atoms with van der Waals surface area (Å²) in [5.74, 6) is -0.0159. The Morgan fingerprint density at radius 3 is 2.78 bits per heavy atom. The highest BCUT2D eigenvalue weighted by Gasteiger charge is 2.33. The van der Waals surface area contributed by atoms with E-state index in [1.807, 2.05) is 18.2 Å². The van der Waals surface area contributed by atoms with Crippen LogP contribution in [0.5, 0.6) is 0 Å². The van der Waals surface area contributed by atoms with Crippen molar-refractivity contribution in [3.8, 4) is 0 Å². The molecule has 2 aliphatic rings. The van der Waals surface area contributed by atoms with E-state index < -0.39 is 0 Å². The van der Waals surface area contributed by atoms with Gasteiger partial charge >= 0.3 is 0 Å². The number of hydrogen-bond acceptors (Lipinski definition) is 3. The van der Waals surface area contributed by atoms with Gasteiger partial charge in [-0.25, -0.2) is 0 Å². The maximum atomic E-state index is 12.0. The van der Waals surface area contributed by atoms with Gasteiger partial charge in [0.1, 0.15) is 0 Å². The van der Waals surface area contributed by atoms with Gasteiger partial charge in [-0.1, -0.05) is 13.0 Å². The number of benzene rings is 1. The second-order valence-corrected chi connectivity index (χ2v) is 5.46. The fourth-order valence-electron chi connectivity index (χ4n) is 2.26. The first-order valence-electron chi connectivity index (χ1n) is 6.22. The minimum Gasteiger partial charge on any atom is -0.380 e. The molecule has 1 N–H and O–H groups in total. The average Bonchev–Trinajstić information content (AvgIpc) is 2.80. The Morgan fingerprint density at radius 2 is 2.06 bits per heavy atom. The highest BCUT2D eigenvalue weighted by atomic mass is 16.5. The first-order valence-corrected chi connectivity index (χ1v) is 6.22. The van der Waals surface area contributed by atoms with Crippen molar-refractivity contribution >= 4 is 5.91 Å². The Labute approximate surface area is 106 Å². The van der Waals surface area contributed by atoms with Gasteiger partial charge in [-0.15, -0.1) is 0 Å². The molecule has 1 saturated heterocycles. The topological polar surface area (TPSA) is 47.6 Å². The second-order valence-electron chi connectivity index (χ2n) is 5.46. The predicted molar refractivity (Wildman–Crippen MR) is 66.2 cm³/mol. The van der Waals surface area contributed by atoms with Crippen molar-refractivity contribution < 1.29 is 14.3 Å². The molecule has 0 aliphatic carbocycles. The molecular weight excluding hydrogens is 230 g/mol. The van der Waals surface area contributed by atoms with Crippen LogP contribution in [-0.4, -0.2) is 25.7 Å². The quantitative estimate of drug-likeness (QED) is 0.880. The molecule has 0 saturated carbocycles. The van der Waals surface area contributed by atoms with Gasteiger partial charge in [0.15, 0.2) is 0 Å². The van der Waals surface area contributed by atoms with E-state index >= 15 is 0 Å². The largest absolute Gasteiger partial charge is 0.380 e. The van der Waals surface area contributed by atoms with Crippen LogP contribution >= 0.6 is 0 Å². The van der Waals surface area contributed by atoms with Gasteiger partial charge < -0.3 is 14.8 Å². The fraction of sp³-hybridized carbons (Fsp3) is 0.500. The normalized spacial score (nSPS) is 20.1. The summed E-state index contributed by atoms with van der Waals surface area (Å²) in [6, 6.07) is 5.77. The van der Waals surface area contributed by atoms with Crippen LogP contribution in [0.15, 0.2) is 18.2 Å². The molecule has 0 unspecified atom stereocenters. The van der Waals surface area contributed by atoms with Crippen molar-refractivity contribution in [2.45, 2.75) is 20.1 Å². The average molecular weight is 247 g/mol. The number of fused-ring (bicyclic) bond motifs is 1. The minimum absolute atomic E-state index is 0.0159. The molecule has 0 atom stereocenters. The van der Waals surface area contributed by atoms with Gasteiger partial charge in [0, 0.05) is 17.5 Å². The lowest BCUT2D eigenvalue weighted by molar-refractivity contribution is -0.0978. The Bertz CT molecular complexity index is 480. The molecule has 1 aromatic rings. The van der Waals surface area contributed by atoms with Gasteiger partial charge in [-0.3, -0.25) is 4.79 Å². The highest BCUT2D eigenvalue weighted by Crippen LogP contribution is 2.25. The first kappa shape index (κ1) is 11.7. The fourth-order valence-corrected chi connectivity index (χ4v) is 2.26. The van der Waals surface area contributed by atoms with Crippen LogP contribution in [0.1, 0.15) is 28.4 Å². The van der Waals surface area contributed by atoms with Crippen molar-refractivity contribution in [2.24, 2.45) is 5.41 Å². The van der Waals surface area contributed by atoms with Gasteiger partial charge in [0.05, 0.1) is 26.4 Å². The lowest BCUT2D eigenvalue weighted by Gasteiger charge is -2.38. The van der Waals surface area contributed by atoms with Crippen LogP contribution in [0, 0.1) is 5.41 Å². The summed E-state index contributed by atoms with van der Waals surface area (Å²) in [6.45, 7) is 5.51. The Balaban J connectivity index is 1.65. The number of hydrogen-bond donors (Lipinski definition) is 1. The molecule has 0 spiro atoms. The molecule has 1 amide bonds. The zero-order valence-electron chi connectivity index (χ0n) is 10.5. The van der Waals surface area contributed by atoms with E-state index in [9.17, 15) is 4.79 Å². The van der Waals surface area contributed by atoms with Gasteiger partial charge in [-0.05, 0) is 23.3 Å². The van der Waals surface area contributed by atoms with Crippen molar-refractivity contribution in [3.05, 3.63) is 34.9 Å². The highest BCUT2D eigenvalue weighted by molar-refractivity contribution is 5.94. The van der Waals surface area contributed by atoms with Crippen LogP contribution in [0.2, 0.25) is 0 Å². The summed E-state index contributed by atoms with van der Waals surface area (Å²) in [7, 11) is 0. The molecule has 4 heteroatoms. The zero-order valence-corrected chi connectivity index (χ0v) is 10.5. The van der Waals surface area contributed by atoms with Crippen LogP contribution < -0.4 is 5.32 Å². The van der Waals surface area contributed by atoms with E-state index in [1.54, 1.807) is 0 Å². The summed E-state index contributed by atoms with van der Waals surface area (Å²) >= 11 is 0. The zero-order chi connectivity index (χ0) is 12.6. The Hall–Kier alpha value is -1.39.